The van der Waals surface area contributed by atoms with Gasteiger partial charge in [0.25, 0.3) is 0 Å². The average Bonchev–Trinajstić information content (AvgIpc) is 2.87. The van der Waals surface area contributed by atoms with Crippen molar-refractivity contribution in [2.45, 2.75) is 79.1 Å². The zero-order chi connectivity index (χ0) is 28.5. The molecule has 0 heterocycles. The number of carbonyl (C=O) groups excluding carboxylic acids is 2. The highest BCUT2D eigenvalue weighted by atomic mass is 16.5. The fraction of sp³-hybridized carbons (Fsp3) is 0.394. The summed E-state index contributed by atoms with van der Waals surface area (Å²) < 4.78 is 10.5. The van der Waals surface area contributed by atoms with Gasteiger partial charge in [0.2, 0.25) is 0 Å². The Kier molecular flexibility index (Phi) is 11.0. The number of Topliss-reactive ketones (excluding diaryl/α,β-unsaturated/α-hetero) is 1. The Balaban J connectivity index is 0.000000281. The molecule has 3 aromatic rings. The van der Waals surface area contributed by atoms with E-state index in [1.54, 1.807) is 13.0 Å². The molecule has 0 saturated heterocycles. The average molecular weight is 519 g/mol. The van der Waals surface area contributed by atoms with E-state index in [0.29, 0.717) is 18.8 Å². The largest absolute Gasteiger partial charge is 0.465 e. The maximum atomic E-state index is 11.7. The van der Waals surface area contributed by atoms with Crippen molar-refractivity contribution in [3.8, 4) is 0 Å². The number of methoxy groups -OCH3 is 1. The third-order valence-corrected chi connectivity index (χ3v) is 6.11. The molecule has 0 amide bonds. The van der Waals surface area contributed by atoms with E-state index < -0.39 is 0 Å². The Morgan fingerprint density at radius 1 is 0.711 bits per heavy atom. The van der Waals surface area contributed by atoms with Gasteiger partial charge in [-0.05, 0) is 69.8 Å². The first-order valence-electron chi connectivity index (χ1n) is 12.8. The molecule has 5 nitrogen and oxygen atoms in total. The summed E-state index contributed by atoms with van der Waals surface area (Å²) in [5.74, 6) is -0.281. The molecule has 3 aromatic carbocycles. The monoisotopic (exact) mass is 518 g/mol. The van der Waals surface area contributed by atoms with Crippen LogP contribution in [0.25, 0.3) is 0 Å². The van der Waals surface area contributed by atoms with E-state index in [9.17, 15) is 9.59 Å². The molecule has 0 aliphatic heterocycles. The molecule has 0 aliphatic rings. The molecule has 0 fully saturated rings. The lowest BCUT2D eigenvalue weighted by Gasteiger charge is -2.21. The van der Waals surface area contributed by atoms with Crippen LogP contribution in [0.3, 0.4) is 0 Å². The van der Waals surface area contributed by atoms with Crippen molar-refractivity contribution >= 4 is 11.8 Å². The normalized spacial score (nSPS) is 11.4. The maximum absolute atomic E-state index is 11.7. The van der Waals surface area contributed by atoms with Gasteiger partial charge in [0, 0.05) is 5.56 Å². The van der Waals surface area contributed by atoms with Gasteiger partial charge in [0.1, 0.15) is 0 Å². The van der Waals surface area contributed by atoms with Crippen LogP contribution in [0.4, 0.5) is 0 Å². The zero-order valence-corrected chi connectivity index (χ0v) is 24.1. The van der Waals surface area contributed by atoms with Gasteiger partial charge in [-0.15, -0.1) is 0 Å². The maximum Gasteiger partial charge on any atom is 0.337 e. The molecule has 1 N–H and O–H groups in total. The lowest BCUT2D eigenvalue weighted by Crippen LogP contribution is -2.14. The number of hydrogen-bond donors (Lipinski definition) is 1. The molecule has 0 unspecified atom stereocenters. The molecule has 0 spiro atoms. The number of hydrogen-bond acceptors (Lipinski definition) is 5. The first-order chi connectivity index (χ1) is 17.7. The SMILES string of the molecule is CC(=O)c1cc(COCc2ccccc2)cc(C(C)(C)C)c1.COC(=O)c1cc(CO)cc(C(C)(C)C)c1. The standard InChI is InChI=1S/C20H24O2.C13H18O3/c1-15(21)18-10-17(11-19(12-18)20(2,3)4)14-22-13-16-8-6-5-7-9-16;1-13(2,3)11-6-9(8-14)5-10(7-11)12(15)16-4/h5-12H,13-14H2,1-4H3;5-7,14H,8H2,1-4H3. The van der Waals surface area contributed by atoms with Gasteiger partial charge in [0.15, 0.2) is 5.78 Å². The van der Waals surface area contributed by atoms with Crippen molar-refractivity contribution in [2.24, 2.45) is 0 Å². The van der Waals surface area contributed by atoms with Gasteiger partial charge in [-0.3, -0.25) is 4.79 Å². The van der Waals surface area contributed by atoms with Gasteiger partial charge < -0.3 is 14.6 Å². The highest BCUT2D eigenvalue weighted by Gasteiger charge is 2.18. The molecule has 0 radical (unpaired) electrons. The van der Waals surface area contributed by atoms with E-state index in [-0.39, 0.29) is 29.2 Å². The van der Waals surface area contributed by atoms with Crippen molar-refractivity contribution in [3.05, 3.63) is 106 Å². The van der Waals surface area contributed by atoms with Crippen molar-refractivity contribution in [1.82, 2.24) is 0 Å². The summed E-state index contributed by atoms with van der Waals surface area (Å²) in [4.78, 5) is 23.2. The van der Waals surface area contributed by atoms with E-state index in [1.165, 1.54) is 12.7 Å². The number of benzene rings is 3. The minimum Gasteiger partial charge on any atom is -0.465 e. The first kappa shape index (κ1) is 30.9. The third kappa shape index (κ3) is 9.55. The smallest absolute Gasteiger partial charge is 0.337 e. The summed E-state index contributed by atoms with van der Waals surface area (Å²) in [6.45, 7) is 15.3. The van der Waals surface area contributed by atoms with Gasteiger partial charge in [-0.25, -0.2) is 4.79 Å². The minimum absolute atomic E-state index is 0.0135. The van der Waals surface area contributed by atoms with Crippen molar-refractivity contribution in [2.75, 3.05) is 7.11 Å². The van der Waals surface area contributed by atoms with Crippen LogP contribution in [-0.4, -0.2) is 24.0 Å². The molecule has 204 valence electrons. The lowest BCUT2D eigenvalue weighted by molar-refractivity contribution is 0.0600. The van der Waals surface area contributed by atoms with Gasteiger partial charge in [-0.2, -0.15) is 0 Å². The number of aliphatic hydroxyl groups excluding tert-OH is 1. The second-order valence-corrected chi connectivity index (χ2v) is 11.5. The topological polar surface area (TPSA) is 72.8 Å². The molecule has 0 aliphatic carbocycles. The number of ketones is 1. The first-order valence-corrected chi connectivity index (χ1v) is 12.8. The molecule has 0 aromatic heterocycles. The van der Waals surface area contributed by atoms with E-state index >= 15 is 0 Å². The molecule has 3 rings (SSSR count). The zero-order valence-electron chi connectivity index (χ0n) is 24.1. The Hall–Kier alpha value is -3.28. The predicted octanol–water partition coefficient (Wildman–Crippen LogP) is 7.17. The van der Waals surface area contributed by atoms with E-state index in [2.05, 4.69) is 52.3 Å². The summed E-state index contributed by atoms with van der Waals surface area (Å²) in [6.07, 6.45) is 0. The highest BCUT2D eigenvalue weighted by Crippen LogP contribution is 2.26. The van der Waals surface area contributed by atoms with Crippen LogP contribution in [0.15, 0.2) is 66.7 Å². The molecule has 5 heteroatoms. The van der Waals surface area contributed by atoms with Crippen LogP contribution in [0.1, 0.15) is 97.0 Å². The van der Waals surface area contributed by atoms with E-state index in [4.69, 9.17) is 9.84 Å². The predicted molar refractivity (Wildman–Crippen MR) is 152 cm³/mol. The molecule has 0 bridgehead atoms. The molecular formula is C33H42O5. The van der Waals surface area contributed by atoms with Crippen LogP contribution in [-0.2, 0) is 40.1 Å². The summed E-state index contributed by atoms with van der Waals surface area (Å²) in [5, 5.41) is 9.15. The van der Waals surface area contributed by atoms with Crippen molar-refractivity contribution in [1.29, 1.82) is 0 Å². The number of rotatable bonds is 7. The van der Waals surface area contributed by atoms with Crippen molar-refractivity contribution in [3.63, 3.8) is 0 Å². The highest BCUT2D eigenvalue weighted by molar-refractivity contribution is 5.94. The van der Waals surface area contributed by atoms with Crippen LogP contribution in [0, 0.1) is 0 Å². The molecule has 0 saturated carbocycles. The van der Waals surface area contributed by atoms with Crippen molar-refractivity contribution < 1.29 is 24.2 Å². The molecular weight excluding hydrogens is 476 g/mol. The fourth-order valence-corrected chi connectivity index (χ4v) is 3.72. The second-order valence-electron chi connectivity index (χ2n) is 11.5. The van der Waals surface area contributed by atoms with Crippen LogP contribution >= 0.6 is 0 Å². The summed E-state index contributed by atoms with van der Waals surface area (Å²) in [6, 6.07) is 21.5. The van der Waals surface area contributed by atoms with Crippen LogP contribution < -0.4 is 0 Å². The Bertz CT molecular complexity index is 1210. The minimum atomic E-state index is -0.374. The second kappa shape index (κ2) is 13.5. The Morgan fingerprint density at radius 3 is 1.71 bits per heavy atom. The van der Waals surface area contributed by atoms with E-state index in [0.717, 1.165) is 27.8 Å². The fourth-order valence-electron chi connectivity index (χ4n) is 3.72. The number of carbonyl (C=O) groups is 2. The van der Waals surface area contributed by atoms with Gasteiger partial charge in [0.05, 0.1) is 32.5 Å². The summed E-state index contributed by atoms with van der Waals surface area (Å²) in [5.41, 5.74) is 6.30. The summed E-state index contributed by atoms with van der Waals surface area (Å²) in [7, 11) is 1.35. The van der Waals surface area contributed by atoms with Crippen LogP contribution in [0.5, 0.6) is 0 Å². The number of esters is 1. The summed E-state index contributed by atoms with van der Waals surface area (Å²) >= 11 is 0. The Morgan fingerprint density at radius 2 is 1.21 bits per heavy atom. The van der Waals surface area contributed by atoms with Gasteiger partial charge >= 0.3 is 5.97 Å². The molecule has 38 heavy (non-hydrogen) atoms. The number of ether oxygens (including phenoxy) is 2. The number of aliphatic hydroxyl groups is 1. The Labute approximate surface area is 227 Å². The third-order valence-electron chi connectivity index (χ3n) is 6.11. The quantitative estimate of drug-likeness (QED) is 0.265. The lowest BCUT2D eigenvalue weighted by atomic mass is 9.84. The van der Waals surface area contributed by atoms with Crippen LogP contribution in [0.2, 0.25) is 0 Å². The molecule has 0 atom stereocenters. The van der Waals surface area contributed by atoms with E-state index in [1.807, 2.05) is 54.6 Å². The van der Waals surface area contributed by atoms with Gasteiger partial charge in [-0.1, -0.05) is 84.0 Å².